The average molecular weight is 518 g/mol. The van der Waals surface area contributed by atoms with Crippen molar-refractivity contribution in [2.24, 2.45) is 26.7 Å². The molecule has 2 heterocycles. The molecule has 12 heteroatoms. The van der Waals surface area contributed by atoms with Gasteiger partial charge < -0.3 is 14.8 Å². The SMILES string of the molecule is CCOP(=O)(OCC)c1ccc(N=C2NN=CC2(C(N)=O)C2(CC#N)CCC3(CCOO3)CC2)cc1. The van der Waals surface area contributed by atoms with Crippen molar-refractivity contribution in [1.29, 1.82) is 5.26 Å². The second-order valence-corrected chi connectivity index (χ2v) is 11.3. The van der Waals surface area contributed by atoms with Crippen LogP contribution in [-0.2, 0) is 28.2 Å². The molecule has 0 aromatic heterocycles. The predicted octanol–water partition coefficient (Wildman–Crippen LogP) is 3.23. The van der Waals surface area contributed by atoms with Gasteiger partial charge in [0.1, 0.15) is 11.4 Å². The van der Waals surface area contributed by atoms with E-state index in [9.17, 15) is 14.6 Å². The second kappa shape index (κ2) is 10.4. The lowest BCUT2D eigenvalue weighted by Gasteiger charge is -2.49. The van der Waals surface area contributed by atoms with Crippen molar-refractivity contribution in [3.05, 3.63) is 24.3 Å². The van der Waals surface area contributed by atoms with E-state index in [1.54, 1.807) is 38.1 Å². The summed E-state index contributed by atoms with van der Waals surface area (Å²) < 4.78 is 23.9. The van der Waals surface area contributed by atoms with E-state index in [0.29, 0.717) is 43.3 Å². The smallest absolute Gasteiger partial charge is 0.361 e. The molecular weight excluding hydrogens is 485 g/mol. The number of amides is 1. The molecule has 194 valence electrons. The Morgan fingerprint density at radius 3 is 2.39 bits per heavy atom. The lowest BCUT2D eigenvalue weighted by Crippen LogP contribution is -2.59. The highest BCUT2D eigenvalue weighted by Gasteiger charge is 2.62. The number of carbonyl (C=O) groups excluding carboxylic acids is 1. The third-order valence-corrected chi connectivity index (χ3v) is 9.57. The molecule has 1 amide bonds. The van der Waals surface area contributed by atoms with Crippen molar-refractivity contribution in [1.82, 2.24) is 5.43 Å². The van der Waals surface area contributed by atoms with Crippen LogP contribution in [0.3, 0.4) is 0 Å². The molecule has 1 saturated carbocycles. The monoisotopic (exact) mass is 517 g/mol. The van der Waals surface area contributed by atoms with Crippen molar-refractivity contribution in [3.8, 4) is 6.07 Å². The zero-order valence-electron chi connectivity index (χ0n) is 20.6. The minimum atomic E-state index is -3.44. The molecule has 1 aromatic carbocycles. The lowest BCUT2D eigenvalue weighted by molar-refractivity contribution is -0.318. The van der Waals surface area contributed by atoms with E-state index in [1.165, 1.54) is 6.21 Å². The van der Waals surface area contributed by atoms with Crippen molar-refractivity contribution >= 4 is 36.5 Å². The normalized spacial score (nSPS) is 31.0. The maximum Gasteiger partial charge on any atom is 0.361 e. The molecule has 2 fully saturated rings. The van der Waals surface area contributed by atoms with Gasteiger partial charge in [0, 0.05) is 24.5 Å². The summed E-state index contributed by atoms with van der Waals surface area (Å²) in [5, 5.41) is 14.3. The number of nitriles is 1. The van der Waals surface area contributed by atoms with Crippen molar-refractivity contribution in [2.75, 3.05) is 19.8 Å². The number of hydrogen-bond donors (Lipinski definition) is 2. The Morgan fingerprint density at radius 2 is 1.86 bits per heavy atom. The summed E-state index contributed by atoms with van der Waals surface area (Å²) >= 11 is 0. The summed E-state index contributed by atoms with van der Waals surface area (Å²) in [5.41, 5.74) is 6.77. The van der Waals surface area contributed by atoms with Crippen LogP contribution in [-0.4, -0.2) is 43.4 Å². The molecule has 1 aromatic rings. The molecule has 36 heavy (non-hydrogen) atoms. The van der Waals surface area contributed by atoms with Gasteiger partial charge in [0.2, 0.25) is 5.91 Å². The van der Waals surface area contributed by atoms with Crippen LogP contribution >= 0.6 is 7.60 Å². The number of rotatable bonds is 9. The Bertz CT molecular complexity index is 1100. The van der Waals surface area contributed by atoms with Crippen LogP contribution in [0.25, 0.3) is 0 Å². The summed E-state index contributed by atoms with van der Waals surface area (Å²) in [6, 6.07) is 8.84. The fourth-order valence-electron chi connectivity index (χ4n) is 5.46. The van der Waals surface area contributed by atoms with Crippen LogP contribution in [0.2, 0.25) is 0 Å². The molecule has 3 aliphatic rings. The maximum absolute atomic E-state index is 13.1. The zero-order chi connectivity index (χ0) is 25.9. The van der Waals surface area contributed by atoms with E-state index in [2.05, 4.69) is 21.6 Å². The largest absolute Gasteiger partial charge is 0.368 e. The van der Waals surface area contributed by atoms with E-state index in [1.807, 2.05) is 0 Å². The highest BCUT2D eigenvalue weighted by atomic mass is 31.2. The molecule has 3 N–H and O–H groups in total. The summed E-state index contributed by atoms with van der Waals surface area (Å²) in [7, 11) is -3.44. The van der Waals surface area contributed by atoms with Gasteiger partial charge in [-0.3, -0.25) is 14.8 Å². The number of nitrogens with zero attached hydrogens (tertiary/aromatic N) is 3. The van der Waals surface area contributed by atoms with Crippen molar-refractivity contribution in [2.45, 2.75) is 58.0 Å². The third kappa shape index (κ3) is 4.49. The summed E-state index contributed by atoms with van der Waals surface area (Å²) in [6.45, 7) is 4.50. The molecule has 0 bridgehead atoms. The standard InChI is InChI=1S/C24H32N5O6P/c1-3-33-36(31,34-4-2)19-7-5-18(6-8-19)28-21-24(20(26)30,17-27-29-21)22(13-15-25)9-11-23(12-10-22)14-16-32-35-23/h5-8,17H,3-4,9-14,16H2,1-2H3,(H2,26,30)(H,28,29). The minimum Gasteiger partial charge on any atom is -0.368 e. The van der Waals surface area contributed by atoms with Gasteiger partial charge in [-0.15, -0.1) is 0 Å². The van der Waals surface area contributed by atoms with Gasteiger partial charge in [-0.05, 0) is 63.8 Å². The quantitative estimate of drug-likeness (QED) is 0.373. The first kappa shape index (κ1) is 26.5. The Kier molecular flexibility index (Phi) is 7.64. The van der Waals surface area contributed by atoms with E-state index < -0.39 is 29.9 Å². The number of primary amides is 1. The first-order valence-corrected chi connectivity index (χ1v) is 13.7. The van der Waals surface area contributed by atoms with Crippen LogP contribution in [0.4, 0.5) is 5.69 Å². The molecule has 2 aliphatic heterocycles. The zero-order valence-corrected chi connectivity index (χ0v) is 21.5. The molecule has 0 radical (unpaired) electrons. The average Bonchev–Trinajstić information content (AvgIpc) is 3.50. The van der Waals surface area contributed by atoms with Crippen LogP contribution < -0.4 is 16.5 Å². The Hall–Kier alpha value is -2.61. The van der Waals surface area contributed by atoms with Gasteiger partial charge in [0.15, 0.2) is 5.41 Å². The number of hydrazone groups is 1. The number of nitrogens with one attached hydrogen (secondary N) is 1. The summed E-state index contributed by atoms with van der Waals surface area (Å²) in [5.74, 6) is -0.367. The molecular formula is C24H32N5O6P. The van der Waals surface area contributed by atoms with Crippen LogP contribution in [0.15, 0.2) is 34.4 Å². The van der Waals surface area contributed by atoms with Gasteiger partial charge in [-0.1, -0.05) is 0 Å². The highest BCUT2D eigenvalue weighted by molar-refractivity contribution is 7.62. The van der Waals surface area contributed by atoms with Crippen LogP contribution in [0, 0.1) is 22.2 Å². The second-order valence-electron chi connectivity index (χ2n) is 9.31. The fourth-order valence-corrected chi connectivity index (χ4v) is 7.03. The first-order valence-electron chi connectivity index (χ1n) is 12.2. The summed E-state index contributed by atoms with van der Waals surface area (Å²) in [6.07, 6.45) is 4.65. The Labute approximate surface area is 210 Å². The topological polar surface area (TPSA) is 158 Å². The van der Waals surface area contributed by atoms with Gasteiger partial charge in [-0.2, -0.15) is 10.4 Å². The number of aliphatic imine (C=N–C) groups is 1. The maximum atomic E-state index is 13.1. The highest BCUT2D eigenvalue weighted by Crippen LogP contribution is 2.57. The Morgan fingerprint density at radius 1 is 1.19 bits per heavy atom. The van der Waals surface area contributed by atoms with Crippen molar-refractivity contribution < 1.29 is 28.2 Å². The molecule has 4 rings (SSSR count). The van der Waals surface area contributed by atoms with Gasteiger partial charge in [0.25, 0.3) is 0 Å². The lowest BCUT2D eigenvalue weighted by atomic mass is 9.53. The fraction of sp³-hybridized carbons (Fsp3) is 0.583. The predicted molar refractivity (Wildman–Crippen MR) is 133 cm³/mol. The van der Waals surface area contributed by atoms with E-state index in [4.69, 9.17) is 24.6 Å². The first-order chi connectivity index (χ1) is 17.3. The van der Waals surface area contributed by atoms with Crippen LogP contribution in [0.5, 0.6) is 0 Å². The van der Waals surface area contributed by atoms with Crippen molar-refractivity contribution in [3.63, 3.8) is 0 Å². The number of benzene rings is 1. The molecule has 1 spiro atoms. The van der Waals surface area contributed by atoms with Gasteiger partial charge in [0.05, 0.1) is 36.9 Å². The molecule has 1 saturated heterocycles. The van der Waals surface area contributed by atoms with E-state index in [-0.39, 0.29) is 25.5 Å². The number of carbonyl (C=O) groups is 1. The van der Waals surface area contributed by atoms with Gasteiger partial charge in [-0.25, -0.2) is 14.8 Å². The molecule has 1 unspecified atom stereocenters. The summed E-state index contributed by atoms with van der Waals surface area (Å²) in [4.78, 5) is 28.6. The molecule has 1 aliphatic carbocycles. The van der Waals surface area contributed by atoms with Gasteiger partial charge >= 0.3 is 7.60 Å². The number of amidine groups is 1. The third-order valence-electron chi connectivity index (χ3n) is 7.44. The molecule has 11 nitrogen and oxygen atoms in total. The number of nitrogens with two attached hydrogens (primary N) is 1. The van der Waals surface area contributed by atoms with E-state index in [0.717, 1.165) is 6.42 Å². The molecule has 1 atom stereocenters. The Balaban J connectivity index is 1.68. The van der Waals surface area contributed by atoms with E-state index >= 15 is 0 Å². The van der Waals surface area contributed by atoms with Crippen LogP contribution in [0.1, 0.15) is 52.4 Å². The minimum absolute atomic E-state index is 0.102. The number of hydrogen-bond acceptors (Lipinski definition) is 9.